The van der Waals surface area contributed by atoms with Crippen LogP contribution < -0.4 is 0 Å². The largest absolute Gasteiger partial charge is 0.564 e. The first-order chi connectivity index (χ1) is 14.2. The van der Waals surface area contributed by atoms with E-state index in [2.05, 4.69) is 106 Å². The maximum Gasteiger partial charge on any atom is 0.564 e. The molecule has 0 saturated carbocycles. The lowest BCUT2D eigenvalue weighted by Crippen LogP contribution is -2.16. The van der Waals surface area contributed by atoms with Crippen molar-refractivity contribution in [3.63, 3.8) is 0 Å². The summed E-state index contributed by atoms with van der Waals surface area (Å²) in [7, 11) is 0. The molecule has 4 aromatic carbocycles. The monoisotopic (exact) mass is 387 g/mol. The fraction of sp³-hybridized carbons (Fsp3) is 0.0769. The van der Waals surface area contributed by atoms with Gasteiger partial charge in [0.2, 0.25) is 0 Å². The second kappa shape index (κ2) is 6.26. The number of hydrogen-bond acceptors (Lipinski definition) is 0. The van der Waals surface area contributed by atoms with Gasteiger partial charge in [-0.15, -0.1) is 0 Å². The number of aromatic nitrogens is 2. The molecule has 0 aliphatic carbocycles. The van der Waals surface area contributed by atoms with Gasteiger partial charge in [0, 0.05) is 43.6 Å². The summed E-state index contributed by atoms with van der Waals surface area (Å²) in [5, 5.41) is 5.37. The van der Waals surface area contributed by atoms with Gasteiger partial charge in [0.15, 0.2) is 0 Å². The van der Waals surface area contributed by atoms with E-state index in [9.17, 15) is 0 Å². The van der Waals surface area contributed by atoms with E-state index in [1.54, 1.807) is 0 Å². The van der Waals surface area contributed by atoms with Crippen molar-refractivity contribution in [2.45, 2.75) is 13.8 Å². The lowest BCUT2D eigenvalue weighted by Gasteiger charge is -2.11. The fourth-order valence-electron chi connectivity index (χ4n) is 4.58. The summed E-state index contributed by atoms with van der Waals surface area (Å²) < 4.78 is 5.10. The molecule has 2 aromatic heterocycles. The standard InChI is InChI=1S/C14H12N.C12H8N.Al/c1-9-3-5-11-12-6-4-10(2)8-14(12)15-13(11)7-9;1-3-7-11-9(5-1)10-6-2-4-8-12(10)13-11;/h3-8H,1-2H3;1-8H;/q2*-1;+2. The molecule has 29 heavy (non-hydrogen) atoms. The van der Waals surface area contributed by atoms with Crippen LogP contribution in [0.3, 0.4) is 0 Å². The van der Waals surface area contributed by atoms with E-state index in [0.29, 0.717) is 0 Å². The highest BCUT2D eigenvalue weighted by Gasteiger charge is 2.17. The third kappa shape index (κ3) is 2.48. The van der Waals surface area contributed by atoms with Gasteiger partial charge in [0.25, 0.3) is 0 Å². The average molecular weight is 387 g/mol. The molecule has 0 aliphatic heterocycles. The molecule has 2 heterocycles. The van der Waals surface area contributed by atoms with E-state index in [4.69, 9.17) is 0 Å². The van der Waals surface area contributed by atoms with Gasteiger partial charge in [0.1, 0.15) is 0 Å². The molecule has 0 aliphatic rings. The summed E-state index contributed by atoms with van der Waals surface area (Å²) in [5.74, 6) is 0. The summed E-state index contributed by atoms with van der Waals surface area (Å²) in [4.78, 5) is 0. The van der Waals surface area contributed by atoms with Crippen LogP contribution in [-0.4, -0.2) is 22.8 Å². The Bertz CT molecular complexity index is 1440. The van der Waals surface area contributed by atoms with Gasteiger partial charge in [-0.25, -0.2) is 0 Å². The Labute approximate surface area is 176 Å². The minimum atomic E-state index is -0.184. The molecule has 0 bridgehead atoms. The van der Waals surface area contributed by atoms with Crippen molar-refractivity contribution in [3.05, 3.63) is 96.1 Å². The van der Waals surface area contributed by atoms with Crippen LogP contribution >= 0.6 is 0 Å². The van der Waals surface area contributed by atoms with Gasteiger partial charge in [-0.05, 0) is 49.2 Å². The number of hydrogen-bond donors (Lipinski definition) is 0. The summed E-state index contributed by atoms with van der Waals surface area (Å²) in [6.07, 6.45) is 0. The molecular weight excluding hydrogens is 367 g/mol. The molecule has 6 aromatic rings. The molecule has 0 unspecified atom stereocenters. The van der Waals surface area contributed by atoms with Crippen molar-refractivity contribution in [2.24, 2.45) is 0 Å². The van der Waals surface area contributed by atoms with E-state index in [-0.39, 0.29) is 15.7 Å². The minimum Gasteiger partial charge on any atom is -0.420 e. The van der Waals surface area contributed by atoms with Crippen molar-refractivity contribution < 1.29 is 0 Å². The number of benzene rings is 4. The molecular formula is C26H20AlN2. The Morgan fingerprint density at radius 1 is 0.483 bits per heavy atom. The van der Waals surface area contributed by atoms with Gasteiger partial charge in [0.05, 0.1) is 0 Å². The number of fused-ring (bicyclic) bond motifs is 6. The van der Waals surface area contributed by atoms with Crippen LogP contribution in [0.15, 0.2) is 84.9 Å². The molecule has 0 N–H and O–H groups in total. The van der Waals surface area contributed by atoms with E-state index in [1.807, 2.05) is 0 Å². The first-order valence-electron chi connectivity index (χ1n) is 10.0. The predicted octanol–water partition coefficient (Wildman–Crippen LogP) is 6.45. The Kier molecular flexibility index (Phi) is 3.65. The van der Waals surface area contributed by atoms with E-state index >= 15 is 0 Å². The molecule has 0 fully saturated rings. The SMILES string of the molecule is Cc1ccc2c3ccc(C)cc3[n]([Al][n]3c4ccccc4c4ccccc43)c2c1. The Morgan fingerprint density at radius 3 is 1.41 bits per heavy atom. The molecule has 1 radical (unpaired) electrons. The van der Waals surface area contributed by atoms with Crippen LogP contribution in [0.1, 0.15) is 11.1 Å². The second-order valence-corrected chi connectivity index (χ2v) is 9.19. The van der Waals surface area contributed by atoms with Crippen LogP contribution in [0.4, 0.5) is 0 Å². The van der Waals surface area contributed by atoms with Crippen molar-refractivity contribution >= 4 is 59.3 Å². The van der Waals surface area contributed by atoms with Crippen LogP contribution in [0.2, 0.25) is 0 Å². The van der Waals surface area contributed by atoms with Gasteiger partial charge >= 0.3 is 15.7 Å². The van der Waals surface area contributed by atoms with Crippen molar-refractivity contribution in [3.8, 4) is 0 Å². The predicted molar refractivity (Wildman–Crippen MR) is 125 cm³/mol. The van der Waals surface area contributed by atoms with Gasteiger partial charge < -0.3 is 7.10 Å². The summed E-state index contributed by atoms with van der Waals surface area (Å²) >= 11 is -0.184. The van der Waals surface area contributed by atoms with Crippen molar-refractivity contribution in [2.75, 3.05) is 0 Å². The highest BCUT2D eigenvalue weighted by molar-refractivity contribution is 6.42. The summed E-state index contributed by atoms with van der Waals surface area (Å²) in [6.45, 7) is 4.37. The molecule has 0 amide bonds. The topological polar surface area (TPSA) is 9.86 Å². The Balaban J connectivity index is 1.71. The highest BCUT2D eigenvalue weighted by atomic mass is 27.1. The molecule has 0 spiro atoms. The zero-order chi connectivity index (χ0) is 19.5. The molecule has 3 heteroatoms. The Morgan fingerprint density at radius 2 is 0.897 bits per heavy atom. The fourth-order valence-corrected chi connectivity index (χ4v) is 6.19. The number of rotatable bonds is 2. The van der Waals surface area contributed by atoms with E-state index in [1.165, 1.54) is 54.7 Å². The zero-order valence-corrected chi connectivity index (χ0v) is 17.7. The van der Waals surface area contributed by atoms with Crippen LogP contribution in [0.25, 0.3) is 43.6 Å². The zero-order valence-electron chi connectivity index (χ0n) is 16.6. The summed E-state index contributed by atoms with van der Waals surface area (Å²) in [6, 6.07) is 31.3. The second-order valence-electron chi connectivity index (χ2n) is 7.93. The summed E-state index contributed by atoms with van der Waals surface area (Å²) in [5.41, 5.74) is 7.92. The quantitative estimate of drug-likeness (QED) is 0.302. The maximum absolute atomic E-state index is 2.56. The minimum absolute atomic E-state index is 0.184. The normalized spacial score (nSPS) is 11.8. The number of aryl methyl sites for hydroxylation is 2. The first kappa shape index (κ1) is 16.9. The van der Waals surface area contributed by atoms with Gasteiger partial charge in [-0.1, -0.05) is 60.7 Å². The van der Waals surface area contributed by atoms with Crippen LogP contribution in [-0.2, 0) is 0 Å². The van der Waals surface area contributed by atoms with Crippen LogP contribution in [0.5, 0.6) is 0 Å². The maximum atomic E-state index is 2.56. The molecule has 137 valence electrons. The molecule has 0 atom stereocenters. The molecule has 2 nitrogen and oxygen atoms in total. The smallest absolute Gasteiger partial charge is 0.420 e. The Hall–Kier alpha value is -2.99. The molecule has 0 saturated heterocycles. The van der Waals surface area contributed by atoms with Crippen molar-refractivity contribution in [1.29, 1.82) is 0 Å². The van der Waals surface area contributed by atoms with Crippen LogP contribution in [0, 0.1) is 13.8 Å². The van der Waals surface area contributed by atoms with Gasteiger partial charge in [-0.3, -0.25) is 0 Å². The van der Waals surface area contributed by atoms with Crippen molar-refractivity contribution in [1.82, 2.24) is 7.10 Å². The lowest BCUT2D eigenvalue weighted by atomic mass is 10.1. The third-order valence-corrected chi connectivity index (χ3v) is 7.54. The molecule has 6 rings (SSSR count). The number of para-hydroxylation sites is 2. The van der Waals surface area contributed by atoms with E-state index in [0.717, 1.165) is 0 Å². The first-order valence-corrected chi connectivity index (χ1v) is 11.1. The highest BCUT2D eigenvalue weighted by Crippen LogP contribution is 2.32. The van der Waals surface area contributed by atoms with Gasteiger partial charge in [-0.2, -0.15) is 0 Å². The third-order valence-electron chi connectivity index (χ3n) is 5.96. The average Bonchev–Trinajstić information content (AvgIpc) is 3.21. The van der Waals surface area contributed by atoms with E-state index < -0.39 is 0 Å². The lowest BCUT2D eigenvalue weighted by molar-refractivity contribution is 1.23. The number of nitrogens with zero attached hydrogens (tertiary/aromatic N) is 2.